The number of hydrogen-bond acceptors (Lipinski definition) is 5. The summed E-state index contributed by atoms with van der Waals surface area (Å²) in [6.07, 6.45) is 0.647. The van der Waals surface area contributed by atoms with E-state index in [0.29, 0.717) is 31.1 Å². The highest BCUT2D eigenvalue weighted by atomic mass is 35.5. The highest BCUT2D eigenvalue weighted by molar-refractivity contribution is 7.91. The Morgan fingerprint density at radius 1 is 1.37 bits per heavy atom. The molecule has 2 heterocycles. The minimum Gasteiger partial charge on any atom is -0.356 e. The average Bonchev–Trinajstić information content (AvgIpc) is 2.53. The molecule has 2 rings (SSSR count). The molecular weight excluding hydrogens is 286 g/mol. The van der Waals surface area contributed by atoms with Gasteiger partial charge in [-0.25, -0.2) is 13.4 Å². The lowest BCUT2D eigenvalue weighted by molar-refractivity contribution is 0.597. The van der Waals surface area contributed by atoms with Crippen LogP contribution < -0.4 is 10.2 Å². The number of hydrogen-bond donors (Lipinski definition) is 1. The second-order valence-electron chi connectivity index (χ2n) is 4.62. The summed E-state index contributed by atoms with van der Waals surface area (Å²) in [7, 11) is -1.06. The van der Waals surface area contributed by atoms with Crippen LogP contribution in [0.25, 0.3) is 0 Å². The van der Waals surface area contributed by atoms with Gasteiger partial charge in [-0.2, -0.15) is 0 Å². The van der Waals surface area contributed by atoms with Crippen LogP contribution in [0, 0.1) is 0 Å². The number of aromatic nitrogens is 1. The fourth-order valence-electron chi connectivity index (χ4n) is 2.11. The Hall–Kier alpha value is -0.850. The normalized spacial score (nSPS) is 19.2. The van der Waals surface area contributed by atoms with Crippen LogP contribution in [0.15, 0.2) is 12.1 Å². The van der Waals surface area contributed by atoms with E-state index >= 15 is 0 Å². The largest absolute Gasteiger partial charge is 0.356 e. The molecule has 0 radical (unpaired) electrons. The average molecular weight is 304 g/mol. The monoisotopic (exact) mass is 303 g/mol. The molecule has 0 bridgehead atoms. The van der Waals surface area contributed by atoms with E-state index in [9.17, 15) is 8.42 Å². The first-order valence-corrected chi connectivity index (χ1v) is 8.47. The molecule has 7 heteroatoms. The van der Waals surface area contributed by atoms with Gasteiger partial charge in [-0.15, -0.1) is 0 Å². The molecule has 0 aromatic carbocycles. The third-order valence-electron chi connectivity index (χ3n) is 3.13. The van der Waals surface area contributed by atoms with Gasteiger partial charge in [0, 0.05) is 19.6 Å². The maximum absolute atomic E-state index is 11.6. The molecule has 1 N–H and O–H groups in total. The Bertz CT molecular complexity index is 548. The van der Waals surface area contributed by atoms with E-state index < -0.39 is 9.84 Å². The van der Waals surface area contributed by atoms with Gasteiger partial charge in [-0.3, -0.25) is 0 Å². The van der Waals surface area contributed by atoms with Crippen molar-refractivity contribution in [3.05, 3.63) is 22.8 Å². The van der Waals surface area contributed by atoms with Crippen molar-refractivity contribution in [3.8, 4) is 0 Å². The molecule has 0 aliphatic carbocycles. The van der Waals surface area contributed by atoms with Gasteiger partial charge in [0.1, 0.15) is 5.82 Å². The van der Waals surface area contributed by atoms with Crippen LogP contribution in [-0.4, -0.2) is 45.0 Å². The van der Waals surface area contributed by atoms with Gasteiger partial charge in [-0.1, -0.05) is 11.6 Å². The lowest BCUT2D eigenvalue weighted by Gasteiger charge is -2.21. The SMILES string of the molecule is CNCc1nc(N2CCCS(=O)(=O)CC2)ccc1Cl. The molecule has 5 nitrogen and oxygen atoms in total. The van der Waals surface area contributed by atoms with Gasteiger partial charge in [0.05, 0.1) is 22.2 Å². The minimum absolute atomic E-state index is 0.193. The Kier molecular flexibility index (Phi) is 4.65. The zero-order valence-corrected chi connectivity index (χ0v) is 12.5. The molecule has 1 aliphatic rings. The van der Waals surface area contributed by atoms with E-state index in [-0.39, 0.29) is 11.5 Å². The predicted octanol–water partition coefficient (Wildman–Crippen LogP) is 1.08. The van der Waals surface area contributed by atoms with Gasteiger partial charge in [-0.05, 0) is 25.6 Å². The van der Waals surface area contributed by atoms with Gasteiger partial charge in [0.2, 0.25) is 0 Å². The molecule has 1 aromatic rings. The Labute approximate surface area is 118 Å². The first kappa shape index (κ1) is 14.6. The van der Waals surface area contributed by atoms with E-state index in [2.05, 4.69) is 10.3 Å². The van der Waals surface area contributed by atoms with E-state index in [1.807, 2.05) is 24.1 Å². The fourth-order valence-corrected chi connectivity index (χ4v) is 3.55. The summed E-state index contributed by atoms with van der Waals surface area (Å²) in [5, 5.41) is 3.64. The first-order chi connectivity index (χ1) is 9.02. The molecule has 0 atom stereocenters. The lowest BCUT2D eigenvalue weighted by atomic mass is 10.3. The summed E-state index contributed by atoms with van der Waals surface area (Å²) in [6.45, 7) is 1.81. The van der Waals surface area contributed by atoms with Crippen molar-refractivity contribution in [2.75, 3.05) is 36.5 Å². The second kappa shape index (κ2) is 6.07. The molecule has 0 amide bonds. The summed E-state index contributed by atoms with van der Waals surface area (Å²) >= 11 is 6.07. The maximum Gasteiger partial charge on any atom is 0.152 e. The molecule has 1 saturated heterocycles. The van der Waals surface area contributed by atoms with Crippen molar-refractivity contribution < 1.29 is 8.42 Å². The molecular formula is C12H18ClN3O2S. The van der Waals surface area contributed by atoms with Crippen LogP contribution in [0.1, 0.15) is 12.1 Å². The van der Waals surface area contributed by atoms with E-state index in [1.165, 1.54) is 0 Å². The smallest absolute Gasteiger partial charge is 0.152 e. The summed E-state index contributed by atoms with van der Waals surface area (Å²) < 4.78 is 23.2. The standard InChI is InChI=1S/C12H18ClN3O2S/c1-14-9-11-10(13)3-4-12(15-11)16-5-2-7-19(17,18)8-6-16/h3-4,14H,2,5-9H2,1H3. The van der Waals surface area contributed by atoms with Gasteiger partial charge in [0.15, 0.2) is 9.84 Å². The first-order valence-electron chi connectivity index (χ1n) is 6.27. The van der Waals surface area contributed by atoms with Crippen LogP contribution in [-0.2, 0) is 16.4 Å². The topological polar surface area (TPSA) is 62.3 Å². The molecule has 1 aliphatic heterocycles. The van der Waals surface area contributed by atoms with Gasteiger partial charge < -0.3 is 10.2 Å². The zero-order valence-electron chi connectivity index (χ0n) is 10.9. The third kappa shape index (κ3) is 3.81. The van der Waals surface area contributed by atoms with Crippen molar-refractivity contribution in [2.45, 2.75) is 13.0 Å². The summed E-state index contributed by atoms with van der Waals surface area (Å²) in [6, 6.07) is 3.66. The maximum atomic E-state index is 11.6. The Balaban J connectivity index is 2.19. The predicted molar refractivity (Wildman–Crippen MR) is 77.5 cm³/mol. The summed E-state index contributed by atoms with van der Waals surface area (Å²) in [4.78, 5) is 6.53. The Morgan fingerprint density at radius 3 is 2.89 bits per heavy atom. The summed E-state index contributed by atoms with van der Waals surface area (Å²) in [5.41, 5.74) is 0.786. The van der Waals surface area contributed by atoms with Crippen molar-refractivity contribution in [1.82, 2.24) is 10.3 Å². The van der Waals surface area contributed by atoms with Crippen molar-refractivity contribution >= 4 is 27.3 Å². The van der Waals surface area contributed by atoms with Crippen LogP contribution in [0.3, 0.4) is 0 Å². The number of rotatable bonds is 3. The fraction of sp³-hybridized carbons (Fsp3) is 0.583. The number of sulfone groups is 1. The second-order valence-corrected chi connectivity index (χ2v) is 7.33. The number of pyridine rings is 1. The van der Waals surface area contributed by atoms with Gasteiger partial charge >= 0.3 is 0 Å². The molecule has 19 heavy (non-hydrogen) atoms. The van der Waals surface area contributed by atoms with Crippen LogP contribution in [0.5, 0.6) is 0 Å². The van der Waals surface area contributed by atoms with Crippen molar-refractivity contribution in [1.29, 1.82) is 0 Å². The number of nitrogens with zero attached hydrogens (tertiary/aromatic N) is 2. The van der Waals surface area contributed by atoms with E-state index in [1.54, 1.807) is 0 Å². The van der Waals surface area contributed by atoms with E-state index in [4.69, 9.17) is 11.6 Å². The minimum atomic E-state index is -2.90. The van der Waals surface area contributed by atoms with E-state index in [0.717, 1.165) is 11.5 Å². The lowest BCUT2D eigenvalue weighted by Crippen LogP contribution is -2.28. The van der Waals surface area contributed by atoms with Crippen LogP contribution in [0.4, 0.5) is 5.82 Å². The molecule has 0 spiro atoms. The van der Waals surface area contributed by atoms with Crippen LogP contribution in [0.2, 0.25) is 5.02 Å². The zero-order chi connectivity index (χ0) is 13.9. The van der Waals surface area contributed by atoms with Gasteiger partial charge in [0.25, 0.3) is 0 Å². The Morgan fingerprint density at radius 2 is 2.16 bits per heavy atom. The van der Waals surface area contributed by atoms with Crippen LogP contribution >= 0.6 is 11.6 Å². The molecule has 0 saturated carbocycles. The number of nitrogens with one attached hydrogen (secondary N) is 1. The third-order valence-corrected chi connectivity index (χ3v) is 5.19. The number of anilines is 1. The molecule has 1 fully saturated rings. The highest BCUT2D eigenvalue weighted by Crippen LogP contribution is 2.20. The highest BCUT2D eigenvalue weighted by Gasteiger charge is 2.20. The molecule has 0 unspecified atom stereocenters. The van der Waals surface area contributed by atoms with Crippen molar-refractivity contribution in [3.63, 3.8) is 0 Å². The summed E-state index contributed by atoms with van der Waals surface area (Å²) in [5.74, 6) is 1.26. The number of halogens is 1. The molecule has 1 aromatic heterocycles. The molecule has 106 valence electrons. The van der Waals surface area contributed by atoms with Crippen molar-refractivity contribution in [2.24, 2.45) is 0 Å². The quantitative estimate of drug-likeness (QED) is 0.905.